The fraction of sp³-hybridized carbons (Fsp3) is 0.400. The SMILES string of the molecule is NNC(c1cncc2ccccc12)C1CCOCC1. The quantitative estimate of drug-likeness (QED) is 0.653. The Bertz CT molecular complexity index is 547. The minimum Gasteiger partial charge on any atom is -0.381 e. The Hall–Kier alpha value is -1.49. The van der Waals surface area contributed by atoms with Gasteiger partial charge in [-0.05, 0) is 29.7 Å². The van der Waals surface area contributed by atoms with E-state index in [1.807, 2.05) is 18.5 Å². The van der Waals surface area contributed by atoms with Crippen molar-refractivity contribution in [2.24, 2.45) is 11.8 Å². The van der Waals surface area contributed by atoms with Crippen LogP contribution in [-0.2, 0) is 4.74 Å². The molecule has 0 radical (unpaired) electrons. The monoisotopic (exact) mass is 257 g/mol. The summed E-state index contributed by atoms with van der Waals surface area (Å²) in [6, 6.07) is 8.46. The lowest BCUT2D eigenvalue weighted by Crippen LogP contribution is -2.36. The first kappa shape index (κ1) is 12.5. The lowest BCUT2D eigenvalue weighted by molar-refractivity contribution is 0.0537. The van der Waals surface area contributed by atoms with Crippen molar-refractivity contribution in [2.75, 3.05) is 13.2 Å². The van der Waals surface area contributed by atoms with E-state index in [0.717, 1.165) is 31.4 Å². The molecule has 3 N–H and O–H groups in total. The number of nitrogens with one attached hydrogen (secondary N) is 1. The summed E-state index contributed by atoms with van der Waals surface area (Å²) >= 11 is 0. The van der Waals surface area contributed by atoms with Gasteiger partial charge in [-0.25, -0.2) is 0 Å². The number of aromatic nitrogens is 1. The van der Waals surface area contributed by atoms with Crippen LogP contribution >= 0.6 is 0 Å². The third-order valence-corrected chi connectivity index (χ3v) is 3.95. The van der Waals surface area contributed by atoms with Gasteiger partial charge in [0.25, 0.3) is 0 Å². The van der Waals surface area contributed by atoms with Crippen LogP contribution in [0.2, 0.25) is 0 Å². The van der Waals surface area contributed by atoms with Crippen LogP contribution in [0.25, 0.3) is 10.8 Å². The molecular weight excluding hydrogens is 238 g/mol. The number of ether oxygens (including phenoxy) is 1. The summed E-state index contributed by atoms with van der Waals surface area (Å²) in [7, 11) is 0. The van der Waals surface area contributed by atoms with E-state index in [4.69, 9.17) is 10.6 Å². The van der Waals surface area contributed by atoms with Crippen molar-refractivity contribution in [3.05, 3.63) is 42.2 Å². The average molecular weight is 257 g/mol. The van der Waals surface area contributed by atoms with Crippen molar-refractivity contribution >= 4 is 10.8 Å². The molecule has 1 fully saturated rings. The van der Waals surface area contributed by atoms with E-state index in [-0.39, 0.29) is 6.04 Å². The highest BCUT2D eigenvalue weighted by atomic mass is 16.5. The maximum absolute atomic E-state index is 5.81. The van der Waals surface area contributed by atoms with E-state index in [1.165, 1.54) is 10.9 Å². The third kappa shape index (κ3) is 2.47. The van der Waals surface area contributed by atoms with Crippen LogP contribution in [0, 0.1) is 5.92 Å². The highest BCUT2D eigenvalue weighted by Gasteiger charge is 2.25. The van der Waals surface area contributed by atoms with Gasteiger partial charge in [0.05, 0.1) is 6.04 Å². The molecule has 19 heavy (non-hydrogen) atoms. The van der Waals surface area contributed by atoms with Crippen molar-refractivity contribution in [1.82, 2.24) is 10.4 Å². The molecule has 1 unspecified atom stereocenters. The maximum Gasteiger partial charge on any atom is 0.0511 e. The van der Waals surface area contributed by atoms with Crippen LogP contribution in [0.3, 0.4) is 0 Å². The molecule has 1 aliphatic rings. The summed E-state index contributed by atoms with van der Waals surface area (Å²) in [5, 5.41) is 2.39. The Morgan fingerprint density at radius 1 is 1.21 bits per heavy atom. The van der Waals surface area contributed by atoms with Gasteiger partial charge < -0.3 is 4.74 Å². The van der Waals surface area contributed by atoms with E-state index >= 15 is 0 Å². The van der Waals surface area contributed by atoms with Crippen LogP contribution in [-0.4, -0.2) is 18.2 Å². The largest absolute Gasteiger partial charge is 0.381 e. The molecule has 2 aromatic rings. The molecule has 0 saturated carbocycles. The zero-order chi connectivity index (χ0) is 13.1. The molecule has 1 atom stereocenters. The van der Waals surface area contributed by atoms with E-state index in [0.29, 0.717) is 5.92 Å². The number of nitrogens with zero attached hydrogens (tertiary/aromatic N) is 1. The second-order valence-electron chi connectivity index (χ2n) is 5.04. The molecule has 100 valence electrons. The van der Waals surface area contributed by atoms with Gasteiger partial charge in [0, 0.05) is 31.0 Å². The first-order valence-electron chi connectivity index (χ1n) is 6.76. The van der Waals surface area contributed by atoms with Gasteiger partial charge in [0.2, 0.25) is 0 Å². The molecule has 2 heterocycles. The minimum atomic E-state index is 0.141. The lowest BCUT2D eigenvalue weighted by Gasteiger charge is -2.30. The van der Waals surface area contributed by atoms with Crippen LogP contribution in [0.4, 0.5) is 0 Å². The highest BCUT2D eigenvalue weighted by molar-refractivity contribution is 5.85. The number of hydrogen-bond acceptors (Lipinski definition) is 4. The predicted molar refractivity (Wildman–Crippen MR) is 75.4 cm³/mol. The molecule has 1 aromatic carbocycles. The fourth-order valence-electron chi connectivity index (χ4n) is 2.92. The molecule has 4 heteroatoms. The van der Waals surface area contributed by atoms with Crippen LogP contribution in [0.5, 0.6) is 0 Å². The van der Waals surface area contributed by atoms with Gasteiger partial charge in [0.1, 0.15) is 0 Å². The molecule has 1 aliphatic heterocycles. The van der Waals surface area contributed by atoms with E-state index in [2.05, 4.69) is 28.6 Å². The smallest absolute Gasteiger partial charge is 0.0511 e. The van der Waals surface area contributed by atoms with Gasteiger partial charge in [-0.2, -0.15) is 0 Å². The summed E-state index contributed by atoms with van der Waals surface area (Å²) in [6.45, 7) is 1.64. The highest BCUT2D eigenvalue weighted by Crippen LogP contribution is 2.32. The molecule has 0 aliphatic carbocycles. The molecule has 0 spiro atoms. The minimum absolute atomic E-state index is 0.141. The molecule has 4 nitrogen and oxygen atoms in total. The van der Waals surface area contributed by atoms with Crippen LogP contribution in [0.15, 0.2) is 36.7 Å². The van der Waals surface area contributed by atoms with Crippen molar-refractivity contribution in [1.29, 1.82) is 0 Å². The Morgan fingerprint density at radius 2 is 2.00 bits per heavy atom. The number of benzene rings is 1. The number of nitrogens with two attached hydrogens (primary N) is 1. The Morgan fingerprint density at radius 3 is 2.79 bits per heavy atom. The molecule has 0 amide bonds. The third-order valence-electron chi connectivity index (χ3n) is 3.95. The zero-order valence-electron chi connectivity index (χ0n) is 10.9. The lowest BCUT2D eigenvalue weighted by atomic mass is 9.86. The van der Waals surface area contributed by atoms with Crippen molar-refractivity contribution in [3.8, 4) is 0 Å². The number of hydrogen-bond donors (Lipinski definition) is 2. The first-order chi connectivity index (χ1) is 9.40. The first-order valence-corrected chi connectivity index (χ1v) is 6.76. The van der Waals surface area contributed by atoms with Crippen LogP contribution < -0.4 is 11.3 Å². The topological polar surface area (TPSA) is 60.2 Å². The van der Waals surface area contributed by atoms with Gasteiger partial charge in [-0.15, -0.1) is 0 Å². The van der Waals surface area contributed by atoms with Gasteiger partial charge in [-0.3, -0.25) is 16.3 Å². The zero-order valence-corrected chi connectivity index (χ0v) is 10.9. The number of fused-ring (bicyclic) bond motifs is 1. The fourth-order valence-corrected chi connectivity index (χ4v) is 2.92. The molecule has 1 aromatic heterocycles. The Balaban J connectivity index is 2.00. The summed E-state index contributed by atoms with van der Waals surface area (Å²) in [5.74, 6) is 6.31. The molecular formula is C15H19N3O. The van der Waals surface area contributed by atoms with E-state index in [1.54, 1.807) is 0 Å². The van der Waals surface area contributed by atoms with Crippen molar-refractivity contribution < 1.29 is 4.74 Å². The van der Waals surface area contributed by atoms with Gasteiger partial charge in [0.15, 0.2) is 0 Å². The summed E-state index contributed by atoms with van der Waals surface area (Å²) in [6.07, 6.45) is 5.91. The molecule has 0 bridgehead atoms. The number of rotatable bonds is 3. The van der Waals surface area contributed by atoms with Crippen molar-refractivity contribution in [3.63, 3.8) is 0 Å². The molecule has 3 rings (SSSR count). The van der Waals surface area contributed by atoms with Gasteiger partial charge >= 0.3 is 0 Å². The average Bonchev–Trinajstić information content (AvgIpc) is 2.49. The van der Waals surface area contributed by atoms with Gasteiger partial charge in [-0.1, -0.05) is 24.3 Å². The maximum atomic E-state index is 5.81. The number of pyridine rings is 1. The molecule has 1 saturated heterocycles. The van der Waals surface area contributed by atoms with E-state index in [9.17, 15) is 0 Å². The summed E-state index contributed by atoms with van der Waals surface area (Å²) < 4.78 is 5.43. The Labute approximate surface area is 112 Å². The summed E-state index contributed by atoms with van der Waals surface area (Å²) in [4.78, 5) is 4.35. The van der Waals surface area contributed by atoms with Crippen LogP contribution in [0.1, 0.15) is 24.4 Å². The number of hydrazine groups is 1. The predicted octanol–water partition coefficient (Wildman–Crippen LogP) is 2.17. The summed E-state index contributed by atoms with van der Waals surface area (Å²) in [5.41, 5.74) is 4.17. The Kier molecular flexibility index (Phi) is 3.73. The standard InChI is InChI=1S/C15H19N3O/c16-18-15(11-5-7-19-8-6-11)14-10-17-9-12-3-1-2-4-13(12)14/h1-4,9-11,15,18H,5-8,16H2. The second kappa shape index (κ2) is 5.65. The van der Waals surface area contributed by atoms with E-state index < -0.39 is 0 Å². The van der Waals surface area contributed by atoms with Crippen molar-refractivity contribution in [2.45, 2.75) is 18.9 Å². The normalized spacial score (nSPS) is 18.6. The second-order valence-corrected chi connectivity index (χ2v) is 5.04.